The number of aryl methyl sites for hydroxylation is 1. The first kappa shape index (κ1) is 27.6. The van der Waals surface area contributed by atoms with E-state index in [1.165, 1.54) is 5.56 Å². The molecule has 3 N–H and O–H groups in total. The van der Waals surface area contributed by atoms with Crippen LogP contribution in [0.15, 0.2) is 79.8 Å². The molecule has 0 heterocycles. The lowest BCUT2D eigenvalue weighted by atomic mass is 10.0. The third-order valence-electron chi connectivity index (χ3n) is 4.09. The molecule has 1 aromatic carbocycles. The van der Waals surface area contributed by atoms with Gasteiger partial charge in [0.1, 0.15) is 0 Å². The Kier molecular flexibility index (Phi) is 15.1. The minimum Gasteiger partial charge on any atom is -0.384 e. The molecular weight excluding hydrogens is 366 g/mol. The Morgan fingerprint density at radius 1 is 0.933 bits per heavy atom. The molecule has 0 bridgehead atoms. The molecule has 0 aliphatic rings. The highest BCUT2D eigenvalue weighted by Crippen LogP contribution is 2.14. The van der Waals surface area contributed by atoms with E-state index in [0.29, 0.717) is 12.5 Å². The van der Waals surface area contributed by atoms with Gasteiger partial charge in [0, 0.05) is 23.6 Å². The second-order valence-corrected chi connectivity index (χ2v) is 8.80. The van der Waals surface area contributed by atoms with Crippen LogP contribution in [0.3, 0.4) is 0 Å². The van der Waals surface area contributed by atoms with Crippen molar-refractivity contribution in [3.8, 4) is 0 Å². The lowest BCUT2D eigenvalue weighted by Crippen LogP contribution is -2.38. The SMILES string of the molecule is C=CCNC(=C)CNC(=C)C(CC(C)C)NC(=C)CCc1ccccc1.CC(C)C. The summed E-state index contributed by atoms with van der Waals surface area (Å²) in [6.07, 6.45) is 4.73. The number of benzene rings is 1. The summed E-state index contributed by atoms with van der Waals surface area (Å²) in [5.41, 5.74) is 4.28. The Morgan fingerprint density at radius 3 is 2.07 bits per heavy atom. The number of nitrogens with one attached hydrogen (secondary N) is 3. The quantitative estimate of drug-likeness (QED) is 0.319. The van der Waals surface area contributed by atoms with Crippen molar-refractivity contribution in [3.63, 3.8) is 0 Å². The van der Waals surface area contributed by atoms with Gasteiger partial charge in [-0.1, -0.05) is 90.8 Å². The lowest BCUT2D eigenvalue weighted by molar-refractivity contribution is 0.465. The molecular formula is C27H45N3. The van der Waals surface area contributed by atoms with Gasteiger partial charge in [-0.15, -0.1) is 6.58 Å². The molecule has 1 aromatic rings. The maximum absolute atomic E-state index is 4.23. The fourth-order valence-electron chi connectivity index (χ4n) is 2.64. The summed E-state index contributed by atoms with van der Waals surface area (Å²) in [4.78, 5) is 0. The van der Waals surface area contributed by atoms with Crippen molar-refractivity contribution < 1.29 is 0 Å². The van der Waals surface area contributed by atoms with Crippen molar-refractivity contribution in [3.05, 3.63) is 85.4 Å². The molecule has 3 nitrogen and oxygen atoms in total. The van der Waals surface area contributed by atoms with Crippen LogP contribution in [0.2, 0.25) is 0 Å². The van der Waals surface area contributed by atoms with Crippen molar-refractivity contribution in [2.45, 2.75) is 59.9 Å². The predicted molar refractivity (Wildman–Crippen MR) is 135 cm³/mol. The van der Waals surface area contributed by atoms with Crippen LogP contribution >= 0.6 is 0 Å². The summed E-state index contributed by atoms with van der Waals surface area (Å²) >= 11 is 0. The van der Waals surface area contributed by atoms with Crippen LogP contribution in [0.5, 0.6) is 0 Å². The fourth-order valence-corrected chi connectivity index (χ4v) is 2.64. The third-order valence-corrected chi connectivity index (χ3v) is 4.09. The Morgan fingerprint density at radius 2 is 1.53 bits per heavy atom. The van der Waals surface area contributed by atoms with Gasteiger partial charge in [0.15, 0.2) is 0 Å². The van der Waals surface area contributed by atoms with Gasteiger partial charge in [0.2, 0.25) is 0 Å². The zero-order valence-electron chi connectivity index (χ0n) is 20.1. The molecule has 0 aromatic heterocycles. The minimum absolute atomic E-state index is 0.158. The van der Waals surface area contributed by atoms with E-state index < -0.39 is 0 Å². The molecule has 168 valence electrons. The molecule has 0 amide bonds. The highest BCUT2D eigenvalue weighted by Gasteiger charge is 2.15. The Balaban J connectivity index is 0.00000192. The van der Waals surface area contributed by atoms with Crippen molar-refractivity contribution in [1.82, 2.24) is 16.0 Å². The van der Waals surface area contributed by atoms with Crippen LogP contribution in [0.4, 0.5) is 0 Å². The molecule has 1 unspecified atom stereocenters. The lowest BCUT2D eigenvalue weighted by Gasteiger charge is -2.26. The van der Waals surface area contributed by atoms with Gasteiger partial charge in [-0.25, -0.2) is 0 Å². The van der Waals surface area contributed by atoms with Gasteiger partial charge in [-0.05, 0) is 36.7 Å². The molecule has 0 radical (unpaired) electrons. The molecule has 0 aliphatic heterocycles. The Labute approximate surface area is 186 Å². The average Bonchev–Trinajstić information content (AvgIpc) is 2.68. The van der Waals surface area contributed by atoms with E-state index in [2.05, 4.69) is 101 Å². The standard InChI is InChI=1S/C23H35N3.C4H10/c1-7-15-24-20(5)17-25-21(6)23(16-18(2)3)26-19(4)13-14-22-11-9-8-10-12-22;1-4(2)3/h7-12,18,23-26H,1,4-6,13-17H2,2-3H3;4H,1-3H3. The van der Waals surface area contributed by atoms with Crippen LogP contribution in [0.1, 0.15) is 53.0 Å². The normalized spacial score (nSPS) is 11.2. The number of hydrogen-bond donors (Lipinski definition) is 3. The van der Waals surface area contributed by atoms with Gasteiger partial charge >= 0.3 is 0 Å². The summed E-state index contributed by atoms with van der Waals surface area (Å²) in [5.74, 6) is 1.40. The van der Waals surface area contributed by atoms with E-state index in [9.17, 15) is 0 Å². The van der Waals surface area contributed by atoms with E-state index in [1.54, 1.807) is 0 Å². The summed E-state index contributed by atoms with van der Waals surface area (Å²) in [6, 6.07) is 10.7. The summed E-state index contributed by atoms with van der Waals surface area (Å²) in [7, 11) is 0. The first-order valence-corrected chi connectivity index (χ1v) is 11.1. The van der Waals surface area contributed by atoms with E-state index >= 15 is 0 Å². The first-order valence-electron chi connectivity index (χ1n) is 11.1. The largest absolute Gasteiger partial charge is 0.384 e. The van der Waals surface area contributed by atoms with Crippen molar-refractivity contribution in [2.75, 3.05) is 13.1 Å². The highest BCUT2D eigenvalue weighted by molar-refractivity contribution is 5.17. The molecule has 1 atom stereocenters. The maximum atomic E-state index is 4.23. The van der Waals surface area contributed by atoms with Gasteiger partial charge in [-0.3, -0.25) is 0 Å². The van der Waals surface area contributed by atoms with E-state index in [4.69, 9.17) is 0 Å². The van der Waals surface area contributed by atoms with Crippen molar-refractivity contribution in [1.29, 1.82) is 0 Å². The molecule has 0 spiro atoms. The van der Waals surface area contributed by atoms with Crippen LogP contribution in [0.25, 0.3) is 0 Å². The average molecular weight is 412 g/mol. The van der Waals surface area contributed by atoms with E-state index in [0.717, 1.165) is 48.8 Å². The van der Waals surface area contributed by atoms with Crippen molar-refractivity contribution in [2.24, 2.45) is 11.8 Å². The molecule has 0 saturated carbocycles. The molecule has 30 heavy (non-hydrogen) atoms. The monoisotopic (exact) mass is 411 g/mol. The molecule has 1 rings (SSSR count). The molecule has 0 aliphatic carbocycles. The number of allylic oxidation sites excluding steroid dienone is 1. The maximum Gasteiger partial charge on any atom is 0.0653 e. The summed E-state index contributed by atoms with van der Waals surface area (Å²) < 4.78 is 0. The molecule has 3 heteroatoms. The highest BCUT2D eigenvalue weighted by atomic mass is 15.0. The van der Waals surface area contributed by atoms with Crippen LogP contribution in [-0.2, 0) is 6.42 Å². The predicted octanol–water partition coefficient (Wildman–Crippen LogP) is 6.19. The topological polar surface area (TPSA) is 36.1 Å². The summed E-state index contributed by atoms with van der Waals surface area (Å²) in [5, 5.41) is 10.1. The summed E-state index contributed by atoms with van der Waals surface area (Å²) in [6.45, 7) is 28.5. The van der Waals surface area contributed by atoms with Gasteiger partial charge in [-0.2, -0.15) is 0 Å². The number of rotatable bonds is 14. The fraction of sp³-hybridized carbons (Fsp3) is 0.481. The van der Waals surface area contributed by atoms with Crippen LogP contribution in [0, 0.1) is 11.8 Å². The zero-order chi connectivity index (χ0) is 22.9. The van der Waals surface area contributed by atoms with Gasteiger partial charge in [0.05, 0.1) is 12.6 Å². The van der Waals surface area contributed by atoms with Gasteiger partial charge in [0.25, 0.3) is 0 Å². The molecule has 0 fully saturated rings. The van der Waals surface area contributed by atoms with Crippen LogP contribution < -0.4 is 16.0 Å². The smallest absolute Gasteiger partial charge is 0.0653 e. The number of hydrogen-bond acceptors (Lipinski definition) is 3. The Bertz CT molecular complexity index is 626. The minimum atomic E-state index is 0.158. The second kappa shape index (κ2) is 16.4. The Hall–Kier alpha value is -2.42. The first-order chi connectivity index (χ1) is 14.1. The van der Waals surface area contributed by atoms with Gasteiger partial charge < -0.3 is 16.0 Å². The van der Waals surface area contributed by atoms with E-state index in [-0.39, 0.29) is 6.04 Å². The second-order valence-electron chi connectivity index (χ2n) is 8.80. The van der Waals surface area contributed by atoms with E-state index in [1.807, 2.05) is 12.1 Å². The van der Waals surface area contributed by atoms with Crippen LogP contribution in [-0.4, -0.2) is 19.1 Å². The zero-order valence-corrected chi connectivity index (χ0v) is 20.1. The van der Waals surface area contributed by atoms with Crippen molar-refractivity contribution >= 4 is 0 Å². The third kappa shape index (κ3) is 15.5. The molecule has 0 saturated heterocycles.